The van der Waals surface area contributed by atoms with Gasteiger partial charge in [-0.15, -0.1) is 0 Å². The molecule has 0 aliphatic carbocycles. The summed E-state index contributed by atoms with van der Waals surface area (Å²) in [6.07, 6.45) is 4.58. The summed E-state index contributed by atoms with van der Waals surface area (Å²) >= 11 is 0. The highest BCUT2D eigenvalue weighted by molar-refractivity contribution is 5.82. The minimum Gasteiger partial charge on any atom is -0.469 e. The Morgan fingerprint density at radius 3 is 2.38 bits per heavy atom. The van der Waals surface area contributed by atoms with Gasteiger partial charge < -0.3 is 14.6 Å². The minimum absolute atomic E-state index is 0.0418. The number of pyridine rings is 2. The van der Waals surface area contributed by atoms with Gasteiger partial charge >= 0.3 is 5.97 Å². The molecule has 196 valence electrons. The first-order valence-electron chi connectivity index (χ1n) is 12.3. The Kier molecular flexibility index (Phi) is 8.97. The Morgan fingerprint density at radius 2 is 1.76 bits per heavy atom. The summed E-state index contributed by atoms with van der Waals surface area (Å²) in [7, 11) is 1.28. The molecular weight excluding hydrogens is 473 g/mol. The van der Waals surface area contributed by atoms with Crippen LogP contribution in [0.2, 0.25) is 0 Å². The summed E-state index contributed by atoms with van der Waals surface area (Å²) in [6.45, 7) is 9.36. The predicted octanol–water partition coefficient (Wildman–Crippen LogP) is 4.98. The van der Waals surface area contributed by atoms with Gasteiger partial charge in [0.15, 0.2) is 0 Å². The van der Waals surface area contributed by atoms with Crippen LogP contribution >= 0.6 is 0 Å². The van der Waals surface area contributed by atoms with Crippen molar-refractivity contribution in [3.63, 3.8) is 0 Å². The highest BCUT2D eigenvalue weighted by Crippen LogP contribution is 2.30. The van der Waals surface area contributed by atoms with Gasteiger partial charge in [0.05, 0.1) is 19.6 Å². The lowest BCUT2D eigenvalue weighted by Gasteiger charge is -2.25. The molecule has 2 atom stereocenters. The smallest absolute Gasteiger partial charge is 0.307 e. The number of aromatic nitrogens is 2. The van der Waals surface area contributed by atoms with Crippen molar-refractivity contribution >= 4 is 11.9 Å². The van der Waals surface area contributed by atoms with Gasteiger partial charge in [-0.1, -0.05) is 32.0 Å². The van der Waals surface area contributed by atoms with E-state index in [0.717, 1.165) is 33.0 Å². The summed E-state index contributed by atoms with van der Waals surface area (Å²) in [4.78, 5) is 43.0. The Balaban J connectivity index is 2.02. The molecule has 7 nitrogen and oxygen atoms in total. The highest BCUT2D eigenvalue weighted by atomic mass is 19.1. The van der Waals surface area contributed by atoms with E-state index in [0.29, 0.717) is 12.0 Å². The van der Waals surface area contributed by atoms with Crippen LogP contribution in [0.4, 0.5) is 4.39 Å². The molecule has 0 radical (unpaired) electrons. The van der Waals surface area contributed by atoms with Crippen molar-refractivity contribution in [2.45, 2.75) is 59.5 Å². The van der Waals surface area contributed by atoms with E-state index >= 15 is 0 Å². The molecule has 1 N–H and O–H groups in total. The number of nitrogens with one attached hydrogen (secondary N) is 1. The quantitative estimate of drug-likeness (QED) is 0.413. The lowest BCUT2D eigenvalue weighted by molar-refractivity contribution is -0.141. The average molecular weight is 508 g/mol. The van der Waals surface area contributed by atoms with E-state index in [9.17, 15) is 18.8 Å². The Morgan fingerprint density at radius 1 is 1.08 bits per heavy atom. The monoisotopic (exact) mass is 507 g/mol. The molecule has 0 aliphatic heterocycles. The number of halogens is 1. The first-order chi connectivity index (χ1) is 17.5. The molecule has 2 heterocycles. The molecule has 0 saturated carbocycles. The molecule has 0 spiro atoms. The van der Waals surface area contributed by atoms with Crippen molar-refractivity contribution < 1.29 is 18.7 Å². The summed E-state index contributed by atoms with van der Waals surface area (Å²) < 4.78 is 20.4. The van der Waals surface area contributed by atoms with Crippen LogP contribution in [-0.2, 0) is 14.3 Å². The first-order valence-corrected chi connectivity index (χ1v) is 12.3. The number of benzene rings is 1. The van der Waals surface area contributed by atoms with Gasteiger partial charge in [0.2, 0.25) is 5.91 Å². The zero-order valence-corrected chi connectivity index (χ0v) is 22.2. The maximum absolute atomic E-state index is 14.4. The average Bonchev–Trinajstić information content (AvgIpc) is 2.84. The van der Waals surface area contributed by atoms with Crippen molar-refractivity contribution in [2.24, 2.45) is 5.92 Å². The fourth-order valence-electron chi connectivity index (χ4n) is 4.48. The first kappa shape index (κ1) is 27.8. The van der Waals surface area contributed by atoms with Crippen molar-refractivity contribution in [1.29, 1.82) is 0 Å². The van der Waals surface area contributed by atoms with Crippen molar-refractivity contribution in [3.8, 4) is 11.1 Å². The number of carbonyl (C=O) groups is 2. The number of aryl methyl sites for hydroxylation is 3. The van der Waals surface area contributed by atoms with E-state index in [-0.39, 0.29) is 17.9 Å². The maximum atomic E-state index is 14.4. The van der Waals surface area contributed by atoms with Gasteiger partial charge in [-0.3, -0.25) is 19.4 Å². The highest BCUT2D eigenvalue weighted by Gasteiger charge is 2.28. The zero-order chi connectivity index (χ0) is 27.3. The summed E-state index contributed by atoms with van der Waals surface area (Å²) in [5.41, 5.74) is 4.39. The standard InChI is InChI=1S/C29H34FN3O4/c1-17(2)10-25(33-16-23(30)20(5)11-26(33)34)29(36)32-24(13-27(35)37-6)21-12-22(15-31-14-21)28-18(3)8-7-9-19(28)4/h7-9,11-12,14-17,24-25H,10,13H2,1-6H3,(H,32,36)/t24-,25?/m0/s1. The van der Waals surface area contributed by atoms with E-state index in [1.54, 1.807) is 12.4 Å². The number of nitrogens with zero attached hydrogens (tertiary/aromatic N) is 2. The fraction of sp³-hybridized carbons (Fsp3) is 0.379. The van der Waals surface area contributed by atoms with E-state index in [1.165, 1.54) is 20.1 Å². The molecule has 0 saturated heterocycles. The normalized spacial score (nSPS) is 12.8. The lowest BCUT2D eigenvalue weighted by Crippen LogP contribution is -2.40. The molecule has 1 amide bonds. The zero-order valence-electron chi connectivity index (χ0n) is 22.2. The molecule has 2 aromatic heterocycles. The molecule has 0 fully saturated rings. The van der Waals surface area contributed by atoms with Gasteiger partial charge in [0.1, 0.15) is 11.9 Å². The number of rotatable bonds is 9. The number of amides is 1. The van der Waals surface area contributed by atoms with Crippen molar-refractivity contribution in [1.82, 2.24) is 14.9 Å². The van der Waals surface area contributed by atoms with Gasteiger partial charge in [-0.05, 0) is 67.0 Å². The number of esters is 1. The van der Waals surface area contributed by atoms with Crippen LogP contribution in [0.3, 0.4) is 0 Å². The van der Waals surface area contributed by atoms with Crippen molar-refractivity contribution in [2.75, 3.05) is 7.11 Å². The number of hydrogen-bond acceptors (Lipinski definition) is 5. The molecule has 0 aliphatic rings. The van der Waals surface area contributed by atoms with Gasteiger partial charge in [0.25, 0.3) is 5.56 Å². The Hall–Kier alpha value is -3.81. The largest absolute Gasteiger partial charge is 0.469 e. The molecule has 1 unspecified atom stereocenters. The van der Waals surface area contributed by atoms with Crippen LogP contribution in [0.1, 0.15) is 61.0 Å². The Bertz CT molecular complexity index is 1330. The third-order valence-corrected chi connectivity index (χ3v) is 6.40. The molecule has 8 heteroatoms. The number of hydrogen-bond donors (Lipinski definition) is 1. The SMILES string of the molecule is COC(=O)C[C@H](NC(=O)C(CC(C)C)n1cc(F)c(C)cc1=O)c1cncc(-c2c(C)cccc2C)c1. The molecule has 3 rings (SSSR count). The van der Waals surface area contributed by atoms with E-state index < -0.39 is 35.3 Å². The summed E-state index contributed by atoms with van der Waals surface area (Å²) in [5, 5.41) is 2.91. The van der Waals surface area contributed by atoms with E-state index in [2.05, 4.69) is 10.3 Å². The van der Waals surface area contributed by atoms with Crippen LogP contribution < -0.4 is 10.9 Å². The van der Waals surface area contributed by atoms with Crippen LogP contribution in [-0.4, -0.2) is 28.5 Å². The predicted molar refractivity (Wildman–Crippen MR) is 141 cm³/mol. The fourth-order valence-corrected chi connectivity index (χ4v) is 4.48. The minimum atomic E-state index is -0.961. The molecule has 3 aromatic rings. The number of carbonyl (C=O) groups excluding carboxylic acids is 2. The van der Waals surface area contributed by atoms with Gasteiger partial charge in [-0.2, -0.15) is 0 Å². The summed E-state index contributed by atoms with van der Waals surface area (Å²) in [5.74, 6) is -1.54. The third kappa shape index (κ3) is 6.70. The maximum Gasteiger partial charge on any atom is 0.307 e. The topological polar surface area (TPSA) is 90.3 Å². The Labute approximate surface area is 216 Å². The lowest BCUT2D eigenvalue weighted by atomic mass is 9.94. The second-order valence-corrected chi connectivity index (χ2v) is 9.81. The van der Waals surface area contributed by atoms with Crippen LogP contribution in [0.25, 0.3) is 11.1 Å². The van der Waals surface area contributed by atoms with Crippen LogP contribution in [0.15, 0.2) is 53.7 Å². The van der Waals surface area contributed by atoms with Gasteiger partial charge in [0, 0.05) is 30.2 Å². The molecule has 1 aromatic carbocycles. The second kappa shape index (κ2) is 12.0. The number of methoxy groups -OCH3 is 1. The van der Waals surface area contributed by atoms with Crippen molar-refractivity contribution in [3.05, 3.63) is 87.3 Å². The number of ether oxygens (including phenoxy) is 1. The van der Waals surface area contributed by atoms with E-state index in [4.69, 9.17) is 4.74 Å². The third-order valence-electron chi connectivity index (χ3n) is 6.40. The van der Waals surface area contributed by atoms with Crippen LogP contribution in [0, 0.1) is 32.5 Å². The van der Waals surface area contributed by atoms with Gasteiger partial charge in [-0.25, -0.2) is 4.39 Å². The molecule has 0 bridgehead atoms. The van der Waals surface area contributed by atoms with E-state index in [1.807, 2.05) is 52.0 Å². The molecule has 37 heavy (non-hydrogen) atoms. The summed E-state index contributed by atoms with van der Waals surface area (Å²) in [6, 6.07) is 7.35. The molecular formula is C29H34FN3O4. The second-order valence-electron chi connectivity index (χ2n) is 9.81. The van der Waals surface area contributed by atoms with Crippen LogP contribution in [0.5, 0.6) is 0 Å².